The molecule has 1 aliphatic heterocycles. The Balaban J connectivity index is 2.02. The van der Waals surface area contributed by atoms with E-state index < -0.39 is 0 Å². The quantitative estimate of drug-likeness (QED) is 0.896. The van der Waals surface area contributed by atoms with Gasteiger partial charge in [0.15, 0.2) is 0 Å². The highest BCUT2D eigenvalue weighted by atomic mass is 16.5. The Morgan fingerprint density at radius 3 is 2.40 bits per heavy atom. The minimum absolute atomic E-state index is 0.0484. The van der Waals surface area contributed by atoms with Gasteiger partial charge in [-0.25, -0.2) is 0 Å². The lowest BCUT2D eigenvalue weighted by molar-refractivity contribution is -0.0699. The Bertz CT molecular complexity index is 454. The van der Waals surface area contributed by atoms with E-state index >= 15 is 0 Å². The number of benzene rings is 1. The predicted octanol–water partition coefficient (Wildman–Crippen LogP) is 3.27. The first kappa shape index (κ1) is 15.5. The zero-order valence-electron chi connectivity index (χ0n) is 13.3. The Morgan fingerprint density at radius 1 is 1.20 bits per heavy atom. The molecule has 3 nitrogen and oxygen atoms in total. The van der Waals surface area contributed by atoms with Gasteiger partial charge < -0.3 is 14.8 Å². The Hall–Kier alpha value is -0.900. The summed E-state index contributed by atoms with van der Waals surface area (Å²) in [7, 11) is 1.74. The van der Waals surface area contributed by atoms with Crippen LogP contribution < -0.4 is 5.32 Å². The molecular formula is C17H27NO2. The van der Waals surface area contributed by atoms with E-state index in [1.807, 2.05) is 0 Å². The van der Waals surface area contributed by atoms with E-state index in [9.17, 15) is 0 Å². The molecule has 0 aliphatic carbocycles. The third-order valence-electron chi connectivity index (χ3n) is 4.03. The van der Waals surface area contributed by atoms with Gasteiger partial charge in [-0.2, -0.15) is 0 Å². The van der Waals surface area contributed by atoms with Gasteiger partial charge in [0.05, 0.1) is 17.8 Å². The minimum atomic E-state index is -0.125. The third kappa shape index (κ3) is 3.60. The van der Waals surface area contributed by atoms with Crippen LogP contribution in [0.3, 0.4) is 0 Å². The average Bonchev–Trinajstić information content (AvgIpc) is 2.56. The zero-order valence-corrected chi connectivity index (χ0v) is 13.3. The van der Waals surface area contributed by atoms with Gasteiger partial charge in [0.1, 0.15) is 0 Å². The summed E-state index contributed by atoms with van der Waals surface area (Å²) >= 11 is 0. The minimum Gasteiger partial charge on any atom is -0.380 e. The molecule has 1 fully saturated rings. The molecule has 0 aromatic heterocycles. The third-order valence-corrected chi connectivity index (χ3v) is 4.03. The molecule has 0 spiro atoms. The van der Waals surface area contributed by atoms with Crippen LogP contribution in [0.1, 0.15) is 45.2 Å². The molecule has 1 aliphatic rings. The zero-order chi connectivity index (χ0) is 14.8. The fourth-order valence-electron chi connectivity index (χ4n) is 3.14. The molecule has 1 unspecified atom stereocenters. The van der Waals surface area contributed by atoms with E-state index in [4.69, 9.17) is 9.47 Å². The highest BCUT2D eigenvalue weighted by Crippen LogP contribution is 2.37. The number of hydrogen-bond donors (Lipinski definition) is 1. The number of nitrogens with one attached hydrogen (secondary N) is 1. The van der Waals surface area contributed by atoms with Gasteiger partial charge >= 0.3 is 0 Å². The molecule has 0 bridgehead atoms. The molecule has 1 heterocycles. The van der Waals surface area contributed by atoms with Crippen molar-refractivity contribution in [3.8, 4) is 0 Å². The first-order valence-electron chi connectivity index (χ1n) is 7.33. The molecule has 0 radical (unpaired) electrons. The topological polar surface area (TPSA) is 30.5 Å². The highest BCUT2D eigenvalue weighted by molar-refractivity contribution is 5.26. The van der Waals surface area contributed by atoms with Crippen molar-refractivity contribution in [2.75, 3.05) is 7.11 Å². The molecule has 112 valence electrons. The van der Waals surface area contributed by atoms with E-state index in [0.717, 1.165) is 13.0 Å². The van der Waals surface area contributed by atoms with Crippen LogP contribution >= 0.6 is 0 Å². The fraction of sp³-hybridized carbons (Fsp3) is 0.647. The van der Waals surface area contributed by atoms with Crippen molar-refractivity contribution >= 4 is 0 Å². The van der Waals surface area contributed by atoms with E-state index in [-0.39, 0.29) is 11.2 Å². The summed E-state index contributed by atoms with van der Waals surface area (Å²) in [5.41, 5.74) is 2.38. The molecule has 0 amide bonds. The summed E-state index contributed by atoms with van der Waals surface area (Å²) < 4.78 is 11.4. The lowest BCUT2D eigenvalue weighted by Gasteiger charge is -2.28. The van der Waals surface area contributed by atoms with Gasteiger partial charge in [0.2, 0.25) is 0 Å². The maximum Gasteiger partial charge on any atom is 0.0787 e. The summed E-state index contributed by atoms with van der Waals surface area (Å²) in [6.07, 6.45) is 1.03. The molecule has 1 N–H and O–H groups in total. The molecule has 1 atom stereocenters. The maximum absolute atomic E-state index is 6.13. The summed E-state index contributed by atoms with van der Waals surface area (Å²) in [6.45, 7) is 10.2. The Morgan fingerprint density at radius 2 is 1.85 bits per heavy atom. The van der Waals surface area contributed by atoms with Crippen LogP contribution in [0.15, 0.2) is 24.3 Å². The molecular weight excluding hydrogens is 250 g/mol. The summed E-state index contributed by atoms with van der Waals surface area (Å²) in [5.74, 6) is 0. The Labute approximate surface area is 122 Å². The average molecular weight is 277 g/mol. The summed E-state index contributed by atoms with van der Waals surface area (Å²) in [5, 5.41) is 3.66. The second-order valence-corrected chi connectivity index (χ2v) is 6.80. The standard InChI is InChI=1S/C17H27NO2/c1-16(2)10-15(17(3,4)20-16)18-11-13-8-6-7-9-14(13)12-19-5/h6-9,15,18H,10-12H2,1-5H3. The van der Waals surface area contributed by atoms with Gasteiger partial charge in [0.25, 0.3) is 0 Å². The Kier molecular flexibility index (Phi) is 4.52. The van der Waals surface area contributed by atoms with Crippen molar-refractivity contribution in [3.05, 3.63) is 35.4 Å². The lowest BCUT2D eigenvalue weighted by atomic mass is 9.94. The molecule has 20 heavy (non-hydrogen) atoms. The van der Waals surface area contributed by atoms with Crippen molar-refractivity contribution in [2.45, 2.75) is 64.5 Å². The van der Waals surface area contributed by atoms with E-state index in [1.165, 1.54) is 11.1 Å². The van der Waals surface area contributed by atoms with E-state index in [2.05, 4.69) is 57.3 Å². The van der Waals surface area contributed by atoms with Crippen molar-refractivity contribution in [1.29, 1.82) is 0 Å². The molecule has 1 saturated heterocycles. The lowest BCUT2D eigenvalue weighted by Crippen LogP contribution is -2.43. The van der Waals surface area contributed by atoms with Crippen LogP contribution in [0.2, 0.25) is 0 Å². The number of hydrogen-bond acceptors (Lipinski definition) is 3. The molecule has 3 heteroatoms. The smallest absolute Gasteiger partial charge is 0.0787 e. The van der Waals surface area contributed by atoms with E-state index in [0.29, 0.717) is 12.6 Å². The molecule has 1 aromatic carbocycles. The second-order valence-electron chi connectivity index (χ2n) is 6.80. The monoisotopic (exact) mass is 277 g/mol. The molecule has 2 rings (SSSR count). The van der Waals surface area contributed by atoms with Gasteiger partial charge in [0, 0.05) is 19.7 Å². The van der Waals surface area contributed by atoms with Crippen LogP contribution in [0.5, 0.6) is 0 Å². The number of rotatable bonds is 5. The van der Waals surface area contributed by atoms with Gasteiger partial charge in [-0.15, -0.1) is 0 Å². The van der Waals surface area contributed by atoms with Gasteiger partial charge in [-0.1, -0.05) is 24.3 Å². The van der Waals surface area contributed by atoms with Crippen LogP contribution in [0.4, 0.5) is 0 Å². The first-order chi connectivity index (χ1) is 9.34. The summed E-state index contributed by atoms with van der Waals surface area (Å²) in [4.78, 5) is 0. The number of methoxy groups -OCH3 is 1. The van der Waals surface area contributed by atoms with E-state index in [1.54, 1.807) is 7.11 Å². The van der Waals surface area contributed by atoms with Crippen LogP contribution in [0, 0.1) is 0 Å². The highest BCUT2D eigenvalue weighted by Gasteiger charge is 2.45. The van der Waals surface area contributed by atoms with Crippen molar-refractivity contribution in [2.24, 2.45) is 0 Å². The fourth-order valence-corrected chi connectivity index (χ4v) is 3.14. The maximum atomic E-state index is 6.13. The first-order valence-corrected chi connectivity index (χ1v) is 7.33. The molecule has 0 saturated carbocycles. The predicted molar refractivity (Wildman–Crippen MR) is 81.6 cm³/mol. The SMILES string of the molecule is COCc1ccccc1CNC1CC(C)(C)OC1(C)C. The van der Waals surface area contributed by atoms with Gasteiger partial charge in [-0.05, 0) is 45.2 Å². The van der Waals surface area contributed by atoms with Crippen molar-refractivity contribution < 1.29 is 9.47 Å². The normalized spacial score (nSPS) is 23.9. The van der Waals surface area contributed by atoms with Crippen LogP contribution in [0.25, 0.3) is 0 Å². The van der Waals surface area contributed by atoms with Crippen molar-refractivity contribution in [3.63, 3.8) is 0 Å². The van der Waals surface area contributed by atoms with Gasteiger partial charge in [-0.3, -0.25) is 0 Å². The molecule has 1 aromatic rings. The van der Waals surface area contributed by atoms with Crippen molar-refractivity contribution in [1.82, 2.24) is 5.32 Å². The second kappa shape index (κ2) is 5.84. The largest absolute Gasteiger partial charge is 0.380 e. The summed E-state index contributed by atoms with van der Waals surface area (Å²) in [6, 6.07) is 8.80. The van der Waals surface area contributed by atoms with Crippen LogP contribution in [-0.2, 0) is 22.6 Å². The number of ether oxygens (including phenoxy) is 2. The van der Waals surface area contributed by atoms with Crippen LogP contribution in [-0.4, -0.2) is 24.4 Å².